The van der Waals surface area contributed by atoms with Crippen molar-refractivity contribution >= 4 is 0 Å². The van der Waals surface area contributed by atoms with Crippen LogP contribution in [0.25, 0.3) is 0 Å². The van der Waals surface area contributed by atoms with Crippen LogP contribution in [0.3, 0.4) is 0 Å². The molecule has 0 bridgehead atoms. The lowest BCUT2D eigenvalue weighted by Crippen LogP contribution is -2.39. The molecule has 1 saturated carbocycles. The predicted molar refractivity (Wildman–Crippen MR) is 148 cm³/mol. The minimum atomic E-state index is -0.899. The second-order valence-corrected chi connectivity index (χ2v) is 10.6. The molecule has 0 radical (unpaired) electrons. The van der Waals surface area contributed by atoms with Crippen molar-refractivity contribution in [2.45, 2.75) is 43.9 Å². The molecule has 0 saturated heterocycles. The summed E-state index contributed by atoms with van der Waals surface area (Å²) >= 11 is 0. The van der Waals surface area contributed by atoms with E-state index in [1.807, 2.05) is 0 Å². The van der Waals surface area contributed by atoms with Gasteiger partial charge in [-0.1, -0.05) is 43.5 Å². The summed E-state index contributed by atoms with van der Waals surface area (Å²) < 4.78 is 0. The van der Waals surface area contributed by atoms with E-state index >= 15 is 0 Å². The van der Waals surface area contributed by atoms with Gasteiger partial charge in [0.25, 0.3) is 0 Å². The third-order valence-corrected chi connectivity index (χ3v) is 8.23. The highest BCUT2D eigenvalue weighted by Crippen LogP contribution is 2.64. The summed E-state index contributed by atoms with van der Waals surface area (Å²) in [6.45, 7) is 0. The zero-order valence-electron chi connectivity index (χ0n) is 21.7. The summed E-state index contributed by atoms with van der Waals surface area (Å²) in [4.78, 5) is 0. The zero-order valence-corrected chi connectivity index (χ0v) is 21.7. The molecule has 5 rings (SSSR count). The van der Waals surface area contributed by atoms with Gasteiger partial charge in [0.1, 0.15) is 46.0 Å². The standard InChI is InChI=1S/C32H32O8/c33-18-4-8-22(26(37)14-18)30(23-9-5-19(34)15-27(23)38)32(12-2-1-3-13-32)31(24-10-6-20(35)16-28(24)39)25-11-7-21(36)17-29(25)40/h4-11,14-17,30-31,33-40H,1-3,12-13H2. The van der Waals surface area contributed by atoms with Crippen molar-refractivity contribution in [3.8, 4) is 46.0 Å². The molecule has 1 aliphatic rings. The Kier molecular flexibility index (Phi) is 7.02. The highest BCUT2D eigenvalue weighted by atomic mass is 16.3. The maximum atomic E-state index is 11.2. The number of hydrogen-bond acceptors (Lipinski definition) is 8. The third kappa shape index (κ3) is 4.77. The van der Waals surface area contributed by atoms with Gasteiger partial charge in [-0.05, 0) is 42.5 Å². The van der Waals surface area contributed by atoms with Crippen LogP contribution >= 0.6 is 0 Å². The minimum Gasteiger partial charge on any atom is -0.508 e. The summed E-state index contributed by atoms with van der Waals surface area (Å²) in [6.07, 6.45) is 3.55. The molecular formula is C32H32O8. The number of hydrogen-bond donors (Lipinski definition) is 8. The number of phenols is 8. The Bertz CT molecular complexity index is 1330. The van der Waals surface area contributed by atoms with Crippen LogP contribution in [0.15, 0.2) is 72.8 Å². The zero-order chi connectivity index (χ0) is 28.6. The third-order valence-electron chi connectivity index (χ3n) is 8.23. The van der Waals surface area contributed by atoms with Gasteiger partial charge in [-0.15, -0.1) is 0 Å². The van der Waals surface area contributed by atoms with Gasteiger partial charge >= 0.3 is 0 Å². The maximum absolute atomic E-state index is 11.2. The lowest BCUT2D eigenvalue weighted by Gasteiger charge is -2.50. The molecule has 8 heteroatoms. The summed E-state index contributed by atoms with van der Waals surface area (Å²) in [5.41, 5.74) is 0.721. The molecule has 8 N–H and O–H groups in total. The molecule has 4 aromatic carbocycles. The summed E-state index contributed by atoms with van der Waals surface area (Å²) in [5, 5.41) is 85.0. The van der Waals surface area contributed by atoms with E-state index in [4.69, 9.17) is 0 Å². The average Bonchev–Trinajstić information content (AvgIpc) is 2.90. The van der Waals surface area contributed by atoms with Crippen LogP contribution in [0, 0.1) is 5.41 Å². The fraction of sp³-hybridized carbons (Fsp3) is 0.250. The van der Waals surface area contributed by atoms with Crippen LogP contribution in [0.4, 0.5) is 0 Å². The highest BCUT2D eigenvalue weighted by Gasteiger charge is 2.51. The van der Waals surface area contributed by atoms with Gasteiger partial charge in [0.05, 0.1) is 0 Å². The fourth-order valence-corrected chi connectivity index (χ4v) is 6.63. The van der Waals surface area contributed by atoms with Gasteiger partial charge < -0.3 is 40.9 Å². The van der Waals surface area contributed by atoms with Gasteiger partial charge in [0, 0.05) is 58.4 Å². The molecule has 4 aromatic rings. The van der Waals surface area contributed by atoms with Crippen molar-refractivity contribution in [2.24, 2.45) is 5.41 Å². The van der Waals surface area contributed by atoms with E-state index in [9.17, 15) is 40.9 Å². The van der Waals surface area contributed by atoms with E-state index in [2.05, 4.69) is 0 Å². The van der Waals surface area contributed by atoms with Crippen molar-refractivity contribution in [3.05, 3.63) is 95.1 Å². The second kappa shape index (κ2) is 10.4. The van der Waals surface area contributed by atoms with Crippen molar-refractivity contribution < 1.29 is 40.9 Å². The molecule has 8 nitrogen and oxygen atoms in total. The Morgan fingerprint density at radius 3 is 0.925 bits per heavy atom. The van der Waals surface area contributed by atoms with Crippen molar-refractivity contribution in [1.29, 1.82) is 0 Å². The quantitative estimate of drug-likeness (QED) is 0.141. The Labute approximate surface area is 231 Å². The van der Waals surface area contributed by atoms with E-state index in [0.29, 0.717) is 35.1 Å². The molecule has 208 valence electrons. The van der Waals surface area contributed by atoms with Crippen LogP contribution in [0.1, 0.15) is 66.2 Å². The first-order valence-electron chi connectivity index (χ1n) is 13.2. The van der Waals surface area contributed by atoms with E-state index < -0.39 is 17.3 Å². The largest absolute Gasteiger partial charge is 0.508 e. The van der Waals surface area contributed by atoms with E-state index in [1.54, 1.807) is 24.3 Å². The normalized spacial score (nSPS) is 14.9. The summed E-state index contributed by atoms with van der Waals surface area (Å²) in [7, 11) is 0. The van der Waals surface area contributed by atoms with E-state index in [-0.39, 0.29) is 46.0 Å². The highest BCUT2D eigenvalue weighted by molar-refractivity contribution is 5.57. The maximum Gasteiger partial charge on any atom is 0.123 e. The molecule has 0 heterocycles. The van der Waals surface area contributed by atoms with Crippen molar-refractivity contribution in [1.82, 2.24) is 0 Å². The van der Waals surface area contributed by atoms with Crippen LogP contribution in [0.5, 0.6) is 46.0 Å². The van der Waals surface area contributed by atoms with E-state index in [0.717, 1.165) is 19.3 Å². The molecular weight excluding hydrogens is 512 g/mol. The molecule has 1 fully saturated rings. The summed E-state index contributed by atoms with van der Waals surface area (Å²) in [6, 6.07) is 17.0. The number of benzene rings is 4. The number of phenolic OH excluding ortho intramolecular Hbond substituents is 8. The minimum absolute atomic E-state index is 0.142. The molecule has 0 amide bonds. The molecule has 1 aliphatic carbocycles. The van der Waals surface area contributed by atoms with Gasteiger partial charge in [-0.25, -0.2) is 0 Å². The van der Waals surface area contributed by atoms with Crippen LogP contribution < -0.4 is 0 Å². The Morgan fingerprint density at radius 1 is 0.400 bits per heavy atom. The molecule has 40 heavy (non-hydrogen) atoms. The number of aromatic hydroxyl groups is 8. The smallest absolute Gasteiger partial charge is 0.123 e. The van der Waals surface area contributed by atoms with Gasteiger partial charge in [-0.2, -0.15) is 0 Å². The molecule has 0 aromatic heterocycles. The SMILES string of the molecule is Oc1ccc(C(c2ccc(O)cc2O)C2(C(c3ccc(O)cc3O)c3ccc(O)cc3O)CCCCC2)c(O)c1. The molecule has 0 spiro atoms. The van der Waals surface area contributed by atoms with Crippen LogP contribution in [-0.4, -0.2) is 40.9 Å². The second-order valence-electron chi connectivity index (χ2n) is 10.6. The lowest BCUT2D eigenvalue weighted by molar-refractivity contribution is 0.129. The Balaban J connectivity index is 1.89. The number of rotatable bonds is 6. The molecule has 0 atom stereocenters. The average molecular weight is 545 g/mol. The molecule has 0 unspecified atom stereocenters. The molecule has 0 aliphatic heterocycles. The van der Waals surface area contributed by atoms with Gasteiger partial charge in [-0.3, -0.25) is 0 Å². The fourth-order valence-electron chi connectivity index (χ4n) is 6.63. The Morgan fingerprint density at radius 2 is 0.675 bits per heavy atom. The first kappa shape index (κ1) is 26.9. The first-order valence-corrected chi connectivity index (χ1v) is 13.2. The van der Waals surface area contributed by atoms with Gasteiger partial charge in [0.15, 0.2) is 0 Å². The monoisotopic (exact) mass is 544 g/mol. The van der Waals surface area contributed by atoms with Crippen molar-refractivity contribution in [3.63, 3.8) is 0 Å². The van der Waals surface area contributed by atoms with Gasteiger partial charge in [0.2, 0.25) is 0 Å². The Hall–Kier alpha value is -4.72. The van der Waals surface area contributed by atoms with Crippen LogP contribution in [0.2, 0.25) is 0 Å². The first-order chi connectivity index (χ1) is 19.1. The lowest BCUT2D eigenvalue weighted by atomic mass is 9.53. The topological polar surface area (TPSA) is 162 Å². The predicted octanol–water partition coefficient (Wildman–Crippen LogP) is 6.25. The van der Waals surface area contributed by atoms with E-state index in [1.165, 1.54) is 48.5 Å². The van der Waals surface area contributed by atoms with Crippen LogP contribution in [-0.2, 0) is 0 Å². The van der Waals surface area contributed by atoms with Crippen molar-refractivity contribution in [2.75, 3.05) is 0 Å². The summed E-state index contributed by atoms with van der Waals surface area (Å²) in [5.74, 6) is -2.88.